The van der Waals surface area contributed by atoms with E-state index in [-0.39, 0.29) is 5.82 Å². The van der Waals surface area contributed by atoms with Gasteiger partial charge in [0.05, 0.1) is 6.10 Å². The lowest BCUT2D eigenvalue weighted by atomic mass is 10.1. The Hall–Kier alpha value is -1.52. The number of para-hydroxylation sites is 1. The van der Waals surface area contributed by atoms with Gasteiger partial charge in [-0.1, -0.05) is 12.1 Å². The first-order valence-electron chi connectivity index (χ1n) is 5.90. The van der Waals surface area contributed by atoms with Gasteiger partial charge in [-0.25, -0.2) is 4.39 Å². The van der Waals surface area contributed by atoms with Crippen LogP contribution in [0.1, 0.15) is 18.6 Å². The monoisotopic (exact) mass is 278 g/mol. The fraction of sp³-hybridized carbons (Fsp3) is 0.200. The van der Waals surface area contributed by atoms with Crippen LogP contribution in [0.2, 0.25) is 0 Å². The zero-order chi connectivity index (χ0) is 13.8. The SMILES string of the molecule is CSc1ccccc1Oc1ccc(F)cc1C(C)O. The zero-order valence-electron chi connectivity index (χ0n) is 10.8. The van der Waals surface area contributed by atoms with E-state index in [1.54, 1.807) is 18.7 Å². The third-order valence-corrected chi connectivity index (χ3v) is 3.49. The molecule has 2 aromatic carbocycles. The van der Waals surface area contributed by atoms with Gasteiger partial charge in [0.25, 0.3) is 0 Å². The van der Waals surface area contributed by atoms with E-state index >= 15 is 0 Å². The standard InChI is InChI=1S/C15H15FO2S/c1-10(17)12-9-11(16)7-8-13(12)18-14-5-3-4-6-15(14)19-2/h3-10,17H,1-2H3. The molecule has 4 heteroatoms. The maximum Gasteiger partial charge on any atom is 0.140 e. The molecular formula is C15H15FO2S. The summed E-state index contributed by atoms with van der Waals surface area (Å²) in [5, 5.41) is 9.68. The van der Waals surface area contributed by atoms with Gasteiger partial charge in [0.1, 0.15) is 17.3 Å². The minimum Gasteiger partial charge on any atom is -0.456 e. The van der Waals surface area contributed by atoms with Crippen molar-refractivity contribution < 1.29 is 14.2 Å². The minimum absolute atomic E-state index is 0.388. The third-order valence-electron chi connectivity index (χ3n) is 2.71. The molecule has 0 aliphatic rings. The van der Waals surface area contributed by atoms with E-state index < -0.39 is 6.10 Å². The summed E-state index contributed by atoms with van der Waals surface area (Å²) < 4.78 is 19.0. The molecular weight excluding hydrogens is 263 g/mol. The summed E-state index contributed by atoms with van der Waals surface area (Å²) in [4.78, 5) is 0.989. The largest absolute Gasteiger partial charge is 0.456 e. The van der Waals surface area contributed by atoms with Crippen molar-refractivity contribution >= 4 is 11.8 Å². The van der Waals surface area contributed by atoms with Gasteiger partial charge in [0, 0.05) is 10.5 Å². The number of rotatable bonds is 4. The molecule has 0 amide bonds. The maximum absolute atomic E-state index is 13.2. The quantitative estimate of drug-likeness (QED) is 0.841. The van der Waals surface area contributed by atoms with Gasteiger partial charge in [-0.3, -0.25) is 0 Å². The lowest BCUT2D eigenvalue weighted by Crippen LogP contribution is -1.97. The van der Waals surface area contributed by atoms with Gasteiger partial charge in [-0.05, 0) is 43.5 Å². The molecule has 0 saturated heterocycles. The predicted octanol–water partition coefficient (Wildman–Crippen LogP) is 4.39. The number of thioether (sulfide) groups is 1. The Bertz CT molecular complexity index is 570. The minimum atomic E-state index is -0.785. The van der Waals surface area contributed by atoms with Crippen molar-refractivity contribution in [3.63, 3.8) is 0 Å². The van der Waals surface area contributed by atoms with Gasteiger partial charge >= 0.3 is 0 Å². The zero-order valence-corrected chi connectivity index (χ0v) is 11.6. The van der Waals surface area contributed by atoms with E-state index in [2.05, 4.69) is 0 Å². The van der Waals surface area contributed by atoms with Gasteiger partial charge in [0.15, 0.2) is 0 Å². The number of benzene rings is 2. The molecule has 0 bridgehead atoms. The van der Waals surface area contributed by atoms with Crippen molar-refractivity contribution in [3.8, 4) is 11.5 Å². The molecule has 0 aliphatic carbocycles. The average molecular weight is 278 g/mol. The highest BCUT2D eigenvalue weighted by molar-refractivity contribution is 7.98. The summed E-state index contributed by atoms with van der Waals surface area (Å²) >= 11 is 1.57. The van der Waals surface area contributed by atoms with Gasteiger partial charge < -0.3 is 9.84 Å². The lowest BCUT2D eigenvalue weighted by Gasteiger charge is -2.15. The Balaban J connectivity index is 2.38. The molecule has 0 spiro atoms. The van der Waals surface area contributed by atoms with E-state index in [1.807, 2.05) is 30.5 Å². The Labute approximate surface area is 116 Å². The molecule has 1 N–H and O–H groups in total. The summed E-state index contributed by atoms with van der Waals surface area (Å²) in [6.07, 6.45) is 1.18. The van der Waals surface area contributed by atoms with Gasteiger partial charge in [-0.2, -0.15) is 0 Å². The number of hydrogen-bond donors (Lipinski definition) is 1. The summed E-state index contributed by atoms with van der Waals surface area (Å²) in [5.41, 5.74) is 0.441. The molecule has 1 atom stereocenters. The first-order valence-corrected chi connectivity index (χ1v) is 7.12. The van der Waals surface area contributed by atoms with Crippen molar-refractivity contribution in [1.29, 1.82) is 0 Å². The number of hydrogen-bond acceptors (Lipinski definition) is 3. The van der Waals surface area contributed by atoms with Crippen LogP contribution >= 0.6 is 11.8 Å². The Morgan fingerprint density at radius 2 is 1.89 bits per heavy atom. The number of halogens is 1. The van der Waals surface area contributed by atoms with Crippen molar-refractivity contribution in [2.24, 2.45) is 0 Å². The molecule has 100 valence electrons. The van der Waals surface area contributed by atoms with Crippen molar-refractivity contribution in [3.05, 3.63) is 53.8 Å². The highest BCUT2D eigenvalue weighted by atomic mass is 32.2. The normalized spacial score (nSPS) is 12.2. The van der Waals surface area contributed by atoms with Crippen LogP contribution in [0, 0.1) is 5.82 Å². The van der Waals surface area contributed by atoms with Crippen molar-refractivity contribution in [2.75, 3.05) is 6.26 Å². The van der Waals surface area contributed by atoms with E-state index in [0.717, 1.165) is 4.90 Å². The van der Waals surface area contributed by atoms with Crippen LogP contribution in [-0.2, 0) is 0 Å². The fourth-order valence-corrected chi connectivity index (χ4v) is 2.29. The first kappa shape index (κ1) is 13.9. The van der Waals surface area contributed by atoms with Crippen LogP contribution in [0.25, 0.3) is 0 Å². The number of aliphatic hydroxyl groups excluding tert-OH is 1. The van der Waals surface area contributed by atoms with Crippen LogP contribution < -0.4 is 4.74 Å². The van der Waals surface area contributed by atoms with Crippen LogP contribution in [-0.4, -0.2) is 11.4 Å². The highest BCUT2D eigenvalue weighted by Crippen LogP contribution is 2.34. The summed E-state index contributed by atoms with van der Waals surface area (Å²) in [7, 11) is 0. The Morgan fingerprint density at radius 1 is 1.16 bits per heavy atom. The second kappa shape index (κ2) is 6.08. The Morgan fingerprint density at radius 3 is 2.58 bits per heavy atom. The van der Waals surface area contributed by atoms with E-state index in [1.165, 1.54) is 18.2 Å². The van der Waals surface area contributed by atoms with Crippen molar-refractivity contribution in [1.82, 2.24) is 0 Å². The molecule has 19 heavy (non-hydrogen) atoms. The second-order valence-corrected chi connectivity index (χ2v) is 4.96. The third kappa shape index (κ3) is 3.28. The lowest BCUT2D eigenvalue weighted by molar-refractivity contribution is 0.195. The molecule has 1 unspecified atom stereocenters. The molecule has 0 fully saturated rings. The van der Waals surface area contributed by atoms with Crippen LogP contribution in [0.3, 0.4) is 0 Å². The number of aliphatic hydroxyl groups is 1. The molecule has 0 heterocycles. The molecule has 0 saturated carbocycles. The molecule has 0 radical (unpaired) electrons. The molecule has 0 aromatic heterocycles. The van der Waals surface area contributed by atoms with E-state index in [9.17, 15) is 9.50 Å². The van der Waals surface area contributed by atoms with Gasteiger partial charge in [-0.15, -0.1) is 11.8 Å². The van der Waals surface area contributed by atoms with Crippen molar-refractivity contribution in [2.45, 2.75) is 17.9 Å². The van der Waals surface area contributed by atoms with Crippen LogP contribution in [0.4, 0.5) is 4.39 Å². The first-order chi connectivity index (χ1) is 9.11. The maximum atomic E-state index is 13.2. The summed E-state index contributed by atoms with van der Waals surface area (Å²) in [6, 6.07) is 11.8. The van der Waals surface area contributed by atoms with Gasteiger partial charge in [0.2, 0.25) is 0 Å². The van der Waals surface area contributed by atoms with Crippen LogP contribution in [0.15, 0.2) is 47.4 Å². The Kier molecular flexibility index (Phi) is 4.45. The molecule has 2 aromatic rings. The summed E-state index contributed by atoms with van der Waals surface area (Å²) in [5.74, 6) is 0.780. The van der Waals surface area contributed by atoms with E-state index in [4.69, 9.17) is 4.74 Å². The fourth-order valence-electron chi connectivity index (χ4n) is 1.76. The molecule has 2 nitrogen and oxygen atoms in total. The highest BCUT2D eigenvalue weighted by Gasteiger charge is 2.12. The summed E-state index contributed by atoms with van der Waals surface area (Å²) in [6.45, 7) is 1.59. The second-order valence-electron chi connectivity index (χ2n) is 4.11. The average Bonchev–Trinajstić information content (AvgIpc) is 2.41. The molecule has 2 rings (SSSR count). The molecule has 0 aliphatic heterocycles. The van der Waals surface area contributed by atoms with E-state index in [0.29, 0.717) is 17.1 Å². The van der Waals surface area contributed by atoms with Crippen LogP contribution in [0.5, 0.6) is 11.5 Å². The predicted molar refractivity (Wildman–Crippen MR) is 75.3 cm³/mol. The number of ether oxygens (including phenoxy) is 1. The topological polar surface area (TPSA) is 29.5 Å². The smallest absolute Gasteiger partial charge is 0.140 e.